The van der Waals surface area contributed by atoms with E-state index in [1.165, 1.54) is 36.0 Å². The van der Waals surface area contributed by atoms with Gasteiger partial charge in [0.15, 0.2) is 0 Å². The van der Waals surface area contributed by atoms with Crippen molar-refractivity contribution in [3.8, 4) is 0 Å². The third-order valence-corrected chi connectivity index (χ3v) is 4.57. The van der Waals surface area contributed by atoms with Crippen LogP contribution in [0.2, 0.25) is 0 Å². The van der Waals surface area contributed by atoms with E-state index >= 15 is 0 Å². The van der Waals surface area contributed by atoms with Crippen molar-refractivity contribution in [2.24, 2.45) is 17.3 Å². The molecule has 0 N–H and O–H groups in total. The summed E-state index contributed by atoms with van der Waals surface area (Å²) >= 11 is 0. The van der Waals surface area contributed by atoms with Crippen LogP contribution in [0.4, 0.5) is 0 Å². The highest BCUT2D eigenvalue weighted by atomic mass is 14.4. The lowest BCUT2D eigenvalue weighted by atomic mass is 9.59. The van der Waals surface area contributed by atoms with Gasteiger partial charge >= 0.3 is 0 Å². The molecule has 0 amide bonds. The van der Waals surface area contributed by atoms with E-state index in [9.17, 15) is 0 Å². The maximum atomic E-state index is 4.19. The Kier molecular flexibility index (Phi) is 3.83. The molecule has 0 saturated heterocycles. The van der Waals surface area contributed by atoms with Gasteiger partial charge in [0.1, 0.15) is 0 Å². The largest absolute Gasteiger partial charge is 0.0999 e. The Morgan fingerprint density at radius 2 is 1.62 bits per heavy atom. The zero-order valence-corrected chi connectivity index (χ0v) is 11.4. The molecule has 3 unspecified atom stereocenters. The second-order valence-electron chi connectivity index (χ2n) is 5.91. The molecule has 0 heterocycles. The minimum absolute atomic E-state index is 0.248. The fourth-order valence-electron chi connectivity index (χ4n) is 3.01. The summed E-state index contributed by atoms with van der Waals surface area (Å²) in [5, 5.41) is 0. The molecule has 0 radical (unpaired) electrons. The first kappa shape index (κ1) is 13.3. The summed E-state index contributed by atoms with van der Waals surface area (Å²) in [5.74, 6) is 1.24. The molecule has 0 heteroatoms. The first-order chi connectivity index (χ1) is 7.29. The van der Waals surface area contributed by atoms with Gasteiger partial charge in [-0.1, -0.05) is 43.4 Å². The van der Waals surface area contributed by atoms with Crippen molar-refractivity contribution in [2.75, 3.05) is 0 Å². The molecule has 1 aliphatic carbocycles. The van der Waals surface area contributed by atoms with Crippen LogP contribution in [-0.2, 0) is 0 Å². The summed E-state index contributed by atoms with van der Waals surface area (Å²) in [5.41, 5.74) is 4.18. The van der Waals surface area contributed by atoms with E-state index in [1.807, 2.05) is 0 Å². The molecule has 90 valence electrons. The predicted octanol–water partition coefficient (Wildman–Crippen LogP) is 5.14. The molecule has 1 saturated carbocycles. The maximum Gasteiger partial charge on any atom is -0.00562 e. The van der Waals surface area contributed by atoms with Crippen LogP contribution < -0.4 is 0 Å². The Labute approximate surface area is 101 Å². The highest BCUT2D eigenvalue weighted by Crippen LogP contribution is 2.51. The lowest BCUT2D eigenvalue weighted by Crippen LogP contribution is -2.36. The number of rotatable bonds is 3. The Bertz CT molecular complexity index is 321. The second kappa shape index (κ2) is 4.61. The van der Waals surface area contributed by atoms with Gasteiger partial charge in [-0.3, -0.25) is 0 Å². The van der Waals surface area contributed by atoms with Crippen molar-refractivity contribution in [1.29, 1.82) is 0 Å². The van der Waals surface area contributed by atoms with Gasteiger partial charge in [-0.05, 0) is 57.3 Å². The Hall–Kier alpha value is -0.780. The molecule has 0 aromatic carbocycles. The lowest BCUT2D eigenvalue weighted by molar-refractivity contribution is 0.157. The monoisotopic (exact) mass is 218 g/mol. The molecule has 1 fully saturated rings. The zero-order chi connectivity index (χ0) is 12.5. The van der Waals surface area contributed by atoms with Crippen molar-refractivity contribution in [3.05, 3.63) is 36.5 Å². The summed E-state index contributed by atoms with van der Waals surface area (Å²) in [6.45, 7) is 21.3. The van der Waals surface area contributed by atoms with E-state index in [-0.39, 0.29) is 5.41 Å². The summed E-state index contributed by atoms with van der Waals surface area (Å²) in [4.78, 5) is 0. The number of hydrogen-bond acceptors (Lipinski definition) is 0. The van der Waals surface area contributed by atoms with Gasteiger partial charge in [-0.2, -0.15) is 0 Å². The van der Waals surface area contributed by atoms with Crippen LogP contribution in [0.3, 0.4) is 0 Å². The summed E-state index contributed by atoms with van der Waals surface area (Å²) < 4.78 is 0. The van der Waals surface area contributed by atoms with Crippen LogP contribution in [-0.4, -0.2) is 0 Å². The lowest BCUT2D eigenvalue weighted by Gasteiger charge is -2.46. The predicted molar refractivity (Wildman–Crippen MR) is 73.4 cm³/mol. The second-order valence-corrected chi connectivity index (χ2v) is 5.91. The molecule has 0 bridgehead atoms. The van der Waals surface area contributed by atoms with Crippen LogP contribution in [0.25, 0.3) is 0 Å². The quantitative estimate of drug-likeness (QED) is 0.575. The van der Waals surface area contributed by atoms with Gasteiger partial charge in [0, 0.05) is 0 Å². The smallest absolute Gasteiger partial charge is 0.00562 e. The average Bonchev–Trinajstić information content (AvgIpc) is 2.17. The van der Waals surface area contributed by atoms with Crippen molar-refractivity contribution >= 4 is 0 Å². The molecule has 1 rings (SSSR count). The molecular formula is C16H26. The van der Waals surface area contributed by atoms with Crippen LogP contribution in [0, 0.1) is 17.3 Å². The standard InChI is InChI=1S/C16H26/c1-11(2)14-8-9-16(7,13(5)6)15(10-14)12(3)4/h14-15H,1,3,5,8-10H2,2,4,6-7H3. The number of allylic oxidation sites excluding steroid dienone is 3. The van der Waals surface area contributed by atoms with E-state index in [2.05, 4.69) is 47.4 Å². The van der Waals surface area contributed by atoms with E-state index in [1.54, 1.807) is 0 Å². The van der Waals surface area contributed by atoms with E-state index in [0.717, 1.165) is 0 Å². The topological polar surface area (TPSA) is 0 Å². The zero-order valence-electron chi connectivity index (χ0n) is 11.4. The Morgan fingerprint density at radius 1 is 1.06 bits per heavy atom. The van der Waals surface area contributed by atoms with Gasteiger partial charge < -0.3 is 0 Å². The minimum Gasteiger partial charge on any atom is -0.0999 e. The minimum atomic E-state index is 0.248. The first-order valence-corrected chi connectivity index (χ1v) is 6.25. The van der Waals surface area contributed by atoms with Crippen LogP contribution in [0.1, 0.15) is 47.0 Å². The Morgan fingerprint density at radius 3 is 2.00 bits per heavy atom. The van der Waals surface area contributed by atoms with E-state index in [0.29, 0.717) is 11.8 Å². The van der Waals surface area contributed by atoms with Gasteiger partial charge in [0.2, 0.25) is 0 Å². The fourth-order valence-corrected chi connectivity index (χ4v) is 3.01. The molecule has 16 heavy (non-hydrogen) atoms. The van der Waals surface area contributed by atoms with Gasteiger partial charge in [0.25, 0.3) is 0 Å². The molecule has 0 aromatic heterocycles. The SMILES string of the molecule is C=C(C)C1CCC(C)(C(=C)C)C(C(=C)C)C1. The fraction of sp³-hybridized carbons (Fsp3) is 0.625. The Balaban J connectivity index is 2.96. The molecule has 0 aromatic rings. The van der Waals surface area contributed by atoms with Crippen LogP contribution in [0.5, 0.6) is 0 Å². The summed E-state index contributed by atoms with van der Waals surface area (Å²) in [6, 6.07) is 0. The molecule has 1 aliphatic rings. The summed E-state index contributed by atoms with van der Waals surface area (Å²) in [6.07, 6.45) is 3.67. The third kappa shape index (κ3) is 2.31. The van der Waals surface area contributed by atoms with Gasteiger partial charge in [-0.25, -0.2) is 0 Å². The van der Waals surface area contributed by atoms with Crippen molar-refractivity contribution in [2.45, 2.75) is 47.0 Å². The van der Waals surface area contributed by atoms with Crippen molar-refractivity contribution in [1.82, 2.24) is 0 Å². The highest BCUT2D eigenvalue weighted by molar-refractivity contribution is 5.19. The average molecular weight is 218 g/mol. The van der Waals surface area contributed by atoms with E-state index in [4.69, 9.17) is 0 Å². The molecule has 0 nitrogen and oxygen atoms in total. The highest BCUT2D eigenvalue weighted by Gasteiger charge is 2.40. The van der Waals surface area contributed by atoms with Gasteiger partial charge in [-0.15, -0.1) is 0 Å². The maximum absolute atomic E-state index is 4.19. The van der Waals surface area contributed by atoms with Crippen LogP contribution in [0.15, 0.2) is 36.5 Å². The number of hydrogen-bond donors (Lipinski definition) is 0. The van der Waals surface area contributed by atoms with Gasteiger partial charge in [0.05, 0.1) is 0 Å². The van der Waals surface area contributed by atoms with Crippen LogP contribution >= 0.6 is 0 Å². The normalized spacial score (nSPS) is 34.5. The summed E-state index contributed by atoms with van der Waals surface area (Å²) in [7, 11) is 0. The third-order valence-electron chi connectivity index (χ3n) is 4.57. The van der Waals surface area contributed by atoms with Crippen molar-refractivity contribution < 1.29 is 0 Å². The molecule has 0 aliphatic heterocycles. The first-order valence-electron chi connectivity index (χ1n) is 6.25. The molecule has 0 spiro atoms. The van der Waals surface area contributed by atoms with E-state index < -0.39 is 0 Å². The van der Waals surface area contributed by atoms with Crippen molar-refractivity contribution in [3.63, 3.8) is 0 Å². The molecule has 3 atom stereocenters. The molecular weight excluding hydrogens is 192 g/mol.